The molecule has 0 spiro atoms. The lowest BCUT2D eigenvalue weighted by atomic mass is 9.89. The highest BCUT2D eigenvalue weighted by Gasteiger charge is 2.28. The second kappa shape index (κ2) is 6.41. The van der Waals surface area contributed by atoms with Gasteiger partial charge in [0.05, 0.1) is 14.2 Å². The Morgan fingerprint density at radius 1 is 1.40 bits per heavy atom. The van der Waals surface area contributed by atoms with Crippen LogP contribution in [0.15, 0.2) is 24.3 Å². The molecule has 0 bridgehead atoms. The molecule has 1 aliphatic rings. The largest absolute Gasteiger partial charge is 0.497 e. The first kappa shape index (κ1) is 14.4. The van der Waals surface area contributed by atoms with E-state index in [9.17, 15) is 9.59 Å². The molecule has 1 saturated heterocycles. The highest BCUT2D eigenvalue weighted by atomic mass is 16.5. The van der Waals surface area contributed by atoms with Gasteiger partial charge in [0.15, 0.2) is 0 Å². The van der Waals surface area contributed by atoms with E-state index in [-0.39, 0.29) is 24.3 Å². The molecule has 1 amide bonds. The second-order valence-electron chi connectivity index (χ2n) is 4.86. The first-order chi connectivity index (χ1) is 9.63. The normalized spacial score (nSPS) is 18.8. The Bertz CT molecular complexity index is 500. The molecule has 0 radical (unpaired) electrons. The minimum Gasteiger partial charge on any atom is -0.497 e. The fourth-order valence-corrected chi connectivity index (χ4v) is 2.45. The van der Waals surface area contributed by atoms with Crippen molar-refractivity contribution in [3.05, 3.63) is 29.8 Å². The second-order valence-corrected chi connectivity index (χ2v) is 4.86. The first-order valence-electron chi connectivity index (χ1n) is 6.62. The third-order valence-electron chi connectivity index (χ3n) is 3.63. The van der Waals surface area contributed by atoms with E-state index < -0.39 is 0 Å². The fraction of sp³-hybridized carbons (Fsp3) is 0.467. The molecule has 0 saturated carbocycles. The van der Waals surface area contributed by atoms with Gasteiger partial charge in [-0.1, -0.05) is 12.1 Å². The highest BCUT2D eigenvalue weighted by molar-refractivity contribution is 5.83. The number of methoxy groups -OCH3 is 2. The van der Waals surface area contributed by atoms with Crippen LogP contribution in [0.4, 0.5) is 0 Å². The average Bonchev–Trinajstić information content (AvgIpc) is 2.49. The Morgan fingerprint density at radius 2 is 2.20 bits per heavy atom. The van der Waals surface area contributed by atoms with Crippen molar-refractivity contribution < 1.29 is 19.1 Å². The van der Waals surface area contributed by atoms with Crippen molar-refractivity contribution in [1.29, 1.82) is 0 Å². The molecule has 0 aromatic heterocycles. The molecule has 1 aromatic rings. The summed E-state index contributed by atoms with van der Waals surface area (Å²) in [7, 11) is 2.96. The lowest BCUT2D eigenvalue weighted by Gasteiger charge is -2.31. The number of amides is 1. The van der Waals surface area contributed by atoms with Crippen LogP contribution in [0.25, 0.3) is 0 Å². The van der Waals surface area contributed by atoms with E-state index in [1.54, 1.807) is 12.0 Å². The third-order valence-corrected chi connectivity index (χ3v) is 3.63. The molecule has 5 heteroatoms. The van der Waals surface area contributed by atoms with Crippen LogP contribution in [-0.4, -0.2) is 44.1 Å². The van der Waals surface area contributed by atoms with Gasteiger partial charge < -0.3 is 14.4 Å². The molecular formula is C15H19NO4. The number of esters is 1. The average molecular weight is 277 g/mol. The summed E-state index contributed by atoms with van der Waals surface area (Å²) in [6.45, 7) is 0.621. The molecule has 108 valence electrons. The molecule has 5 nitrogen and oxygen atoms in total. The predicted octanol–water partition coefficient (Wildman–Crippen LogP) is 1.57. The lowest BCUT2D eigenvalue weighted by molar-refractivity contribution is -0.148. The van der Waals surface area contributed by atoms with E-state index in [1.807, 2.05) is 24.3 Å². The summed E-state index contributed by atoms with van der Waals surface area (Å²) in [6.07, 6.45) is 1.26. The number of hydrogen-bond acceptors (Lipinski definition) is 4. The quantitative estimate of drug-likeness (QED) is 0.784. The van der Waals surface area contributed by atoms with Crippen molar-refractivity contribution in [2.75, 3.05) is 27.3 Å². The molecule has 1 aliphatic heterocycles. The zero-order valence-corrected chi connectivity index (χ0v) is 11.8. The van der Waals surface area contributed by atoms with Crippen LogP contribution in [0.3, 0.4) is 0 Å². The fourth-order valence-electron chi connectivity index (χ4n) is 2.45. The number of nitrogens with zero attached hydrogens (tertiary/aromatic N) is 1. The maximum absolute atomic E-state index is 12.1. The van der Waals surface area contributed by atoms with E-state index in [1.165, 1.54) is 7.11 Å². The van der Waals surface area contributed by atoms with Crippen LogP contribution in [0.2, 0.25) is 0 Å². The standard InChI is InChI=1S/C15H19NO4/c1-19-13-5-3-4-11(8-13)12-6-7-16(14(17)9-12)10-15(18)20-2/h3-5,8,12H,6-7,9-10H2,1-2H3. The SMILES string of the molecule is COC(=O)CN1CCC(c2cccc(OC)c2)CC1=O. The zero-order valence-electron chi connectivity index (χ0n) is 11.8. The molecule has 2 rings (SSSR count). The van der Waals surface area contributed by atoms with E-state index in [2.05, 4.69) is 4.74 Å². The number of benzene rings is 1. The van der Waals surface area contributed by atoms with Gasteiger partial charge in [0.1, 0.15) is 12.3 Å². The monoisotopic (exact) mass is 277 g/mol. The lowest BCUT2D eigenvalue weighted by Crippen LogP contribution is -2.41. The van der Waals surface area contributed by atoms with E-state index in [4.69, 9.17) is 4.74 Å². The number of carbonyl (C=O) groups excluding carboxylic acids is 2. The number of carbonyl (C=O) groups is 2. The molecule has 20 heavy (non-hydrogen) atoms. The summed E-state index contributed by atoms with van der Waals surface area (Å²) in [6, 6.07) is 7.79. The molecule has 0 N–H and O–H groups in total. The summed E-state index contributed by atoms with van der Waals surface area (Å²) < 4.78 is 9.80. The molecule has 1 aromatic carbocycles. The van der Waals surface area contributed by atoms with Crippen LogP contribution < -0.4 is 4.74 Å². The van der Waals surface area contributed by atoms with Gasteiger partial charge in [0, 0.05) is 13.0 Å². The summed E-state index contributed by atoms with van der Waals surface area (Å²) in [5.41, 5.74) is 1.11. The van der Waals surface area contributed by atoms with Crippen LogP contribution >= 0.6 is 0 Å². The number of ether oxygens (including phenoxy) is 2. The number of likely N-dealkylation sites (tertiary alicyclic amines) is 1. The number of piperidine rings is 1. The molecular weight excluding hydrogens is 258 g/mol. The van der Waals surface area contributed by atoms with Gasteiger partial charge in [-0.3, -0.25) is 9.59 Å². The van der Waals surface area contributed by atoms with Gasteiger partial charge >= 0.3 is 5.97 Å². The van der Waals surface area contributed by atoms with Crippen molar-refractivity contribution in [2.45, 2.75) is 18.8 Å². The minimum atomic E-state index is -0.377. The van der Waals surface area contributed by atoms with Crippen LogP contribution in [0.1, 0.15) is 24.3 Å². The van der Waals surface area contributed by atoms with E-state index in [0.717, 1.165) is 17.7 Å². The molecule has 1 unspecified atom stereocenters. The third kappa shape index (κ3) is 3.29. The predicted molar refractivity (Wildman–Crippen MR) is 73.6 cm³/mol. The van der Waals surface area contributed by atoms with Crippen molar-refractivity contribution in [1.82, 2.24) is 4.90 Å². The Kier molecular flexibility index (Phi) is 4.61. The Labute approximate surface area is 118 Å². The topological polar surface area (TPSA) is 55.8 Å². The summed E-state index contributed by atoms with van der Waals surface area (Å²) in [5, 5.41) is 0. The van der Waals surface area contributed by atoms with Crippen LogP contribution in [-0.2, 0) is 14.3 Å². The Balaban J connectivity index is 2.01. The summed E-state index contributed by atoms with van der Waals surface area (Å²) >= 11 is 0. The van der Waals surface area contributed by atoms with Gasteiger partial charge in [-0.25, -0.2) is 0 Å². The van der Waals surface area contributed by atoms with E-state index in [0.29, 0.717) is 13.0 Å². The zero-order chi connectivity index (χ0) is 14.5. The van der Waals surface area contributed by atoms with Crippen molar-refractivity contribution in [3.63, 3.8) is 0 Å². The first-order valence-corrected chi connectivity index (χ1v) is 6.62. The number of hydrogen-bond donors (Lipinski definition) is 0. The smallest absolute Gasteiger partial charge is 0.325 e. The van der Waals surface area contributed by atoms with Crippen LogP contribution in [0.5, 0.6) is 5.75 Å². The maximum Gasteiger partial charge on any atom is 0.325 e. The van der Waals surface area contributed by atoms with Crippen molar-refractivity contribution >= 4 is 11.9 Å². The summed E-state index contributed by atoms with van der Waals surface area (Å²) in [5.74, 6) is 0.603. The molecule has 1 fully saturated rings. The molecule has 1 atom stereocenters. The van der Waals surface area contributed by atoms with Gasteiger partial charge in [-0.05, 0) is 30.0 Å². The Hall–Kier alpha value is -2.04. The molecule has 0 aliphatic carbocycles. The van der Waals surface area contributed by atoms with Gasteiger partial charge in [-0.15, -0.1) is 0 Å². The van der Waals surface area contributed by atoms with Crippen molar-refractivity contribution in [2.24, 2.45) is 0 Å². The van der Waals surface area contributed by atoms with Gasteiger partial charge in [-0.2, -0.15) is 0 Å². The minimum absolute atomic E-state index is 0.00512. The highest BCUT2D eigenvalue weighted by Crippen LogP contribution is 2.30. The van der Waals surface area contributed by atoms with Crippen LogP contribution in [0, 0.1) is 0 Å². The van der Waals surface area contributed by atoms with Gasteiger partial charge in [0.2, 0.25) is 5.91 Å². The van der Waals surface area contributed by atoms with Crippen molar-refractivity contribution in [3.8, 4) is 5.75 Å². The molecule has 1 heterocycles. The summed E-state index contributed by atoms with van der Waals surface area (Å²) in [4.78, 5) is 24.9. The van der Waals surface area contributed by atoms with Gasteiger partial charge in [0.25, 0.3) is 0 Å². The maximum atomic E-state index is 12.1. The number of rotatable bonds is 4. The Morgan fingerprint density at radius 3 is 2.85 bits per heavy atom. The van der Waals surface area contributed by atoms with E-state index >= 15 is 0 Å².